The fourth-order valence-corrected chi connectivity index (χ4v) is 1.71. The van der Waals surface area contributed by atoms with Gasteiger partial charge in [-0.1, -0.05) is 0 Å². The smallest absolute Gasteiger partial charge is 0.293 e. The summed E-state index contributed by atoms with van der Waals surface area (Å²) in [5.74, 6) is 0.402. The van der Waals surface area contributed by atoms with Crippen LogP contribution in [-0.2, 0) is 6.54 Å². The molecule has 5 heteroatoms. The van der Waals surface area contributed by atoms with E-state index in [0.29, 0.717) is 25.5 Å². The van der Waals surface area contributed by atoms with Gasteiger partial charge in [-0.05, 0) is 27.7 Å². The molecule has 1 heterocycles. The lowest BCUT2D eigenvalue weighted by Crippen LogP contribution is -2.42. The van der Waals surface area contributed by atoms with Gasteiger partial charge in [-0.3, -0.25) is 4.79 Å². The summed E-state index contributed by atoms with van der Waals surface area (Å²) in [5, 5.41) is 9.82. The van der Waals surface area contributed by atoms with Gasteiger partial charge in [-0.2, -0.15) is 0 Å². The van der Waals surface area contributed by atoms with Crippen LogP contribution in [0.25, 0.3) is 0 Å². The van der Waals surface area contributed by atoms with Crippen LogP contribution < -0.4 is 10.5 Å². The largest absolute Gasteiger partial charge is 0.389 e. The molecule has 0 saturated heterocycles. The van der Waals surface area contributed by atoms with E-state index >= 15 is 0 Å². The molecule has 0 aliphatic rings. The van der Waals surface area contributed by atoms with Crippen molar-refractivity contribution in [2.45, 2.75) is 39.8 Å². The Morgan fingerprint density at radius 3 is 2.59 bits per heavy atom. The Labute approximate surface area is 102 Å². The monoisotopic (exact) mass is 239 g/mol. The second-order valence-corrected chi connectivity index (χ2v) is 4.67. The molecular formula is C12H21N3O2. The van der Waals surface area contributed by atoms with E-state index in [0.717, 1.165) is 0 Å². The van der Waals surface area contributed by atoms with Gasteiger partial charge >= 0.3 is 0 Å². The van der Waals surface area contributed by atoms with Crippen molar-refractivity contribution in [3.05, 3.63) is 22.7 Å². The Balaban J connectivity index is 3.08. The molecule has 0 aliphatic carbocycles. The first-order valence-corrected chi connectivity index (χ1v) is 5.91. The van der Waals surface area contributed by atoms with Crippen LogP contribution in [-0.4, -0.2) is 33.3 Å². The minimum atomic E-state index is -0.850. The number of hydrogen-bond acceptors (Lipinski definition) is 4. The zero-order valence-electron chi connectivity index (χ0n) is 11.0. The number of hydrogen-bond donors (Lipinski definition) is 1. The summed E-state index contributed by atoms with van der Waals surface area (Å²) in [4.78, 5) is 18.0. The lowest BCUT2D eigenvalue weighted by molar-refractivity contribution is 0.0873. The van der Waals surface area contributed by atoms with Crippen LogP contribution >= 0.6 is 0 Å². The van der Waals surface area contributed by atoms with Crippen LogP contribution in [0.15, 0.2) is 17.2 Å². The second-order valence-electron chi connectivity index (χ2n) is 4.67. The van der Waals surface area contributed by atoms with E-state index in [2.05, 4.69) is 4.98 Å². The predicted octanol–water partition coefficient (Wildman–Crippen LogP) is 0.860. The Kier molecular flexibility index (Phi) is 4.28. The van der Waals surface area contributed by atoms with Crippen molar-refractivity contribution in [1.82, 2.24) is 9.55 Å². The molecule has 96 valence electrons. The molecule has 1 aromatic rings. The average molecular weight is 239 g/mol. The molecule has 0 amide bonds. The first-order valence-electron chi connectivity index (χ1n) is 5.91. The molecule has 0 aliphatic heterocycles. The average Bonchev–Trinajstić information content (AvgIpc) is 2.25. The van der Waals surface area contributed by atoms with E-state index in [4.69, 9.17) is 0 Å². The molecule has 0 aromatic carbocycles. The van der Waals surface area contributed by atoms with Crippen molar-refractivity contribution in [3.8, 4) is 0 Å². The third kappa shape index (κ3) is 3.56. The van der Waals surface area contributed by atoms with Crippen molar-refractivity contribution >= 4 is 5.82 Å². The summed E-state index contributed by atoms with van der Waals surface area (Å²) in [6, 6.07) is 0. The van der Waals surface area contributed by atoms with Gasteiger partial charge in [0.1, 0.15) is 0 Å². The number of aliphatic hydroxyl groups is 1. The van der Waals surface area contributed by atoms with E-state index in [-0.39, 0.29) is 5.56 Å². The van der Waals surface area contributed by atoms with E-state index < -0.39 is 5.60 Å². The summed E-state index contributed by atoms with van der Waals surface area (Å²) in [5.41, 5.74) is -0.960. The standard InChI is InChI=1S/C12H21N3O2/c1-5-14-8-7-13-10(11(14)16)15(6-2)9-12(3,4)17/h7-8,17H,5-6,9H2,1-4H3. The van der Waals surface area contributed by atoms with Crippen LogP contribution in [0.1, 0.15) is 27.7 Å². The molecule has 1 N–H and O–H groups in total. The normalized spacial score (nSPS) is 11.6. The van der Waals surface area contributed by atoms with Crippen LogP contribution in [0.4, 0.5) is 5.82 Å². The Morgan fingerprint density at radius 2 is 2.12 bits per heavy atom. The van der Waals surface area contributed by atoms with Crippen LogP contribution in [0.5, 0.6) is 0 Å². The summed E-state index contributed by atoms with van der Waals surface area (Å²) >= 11 is 0. The quantitative estimate of drug-likeness (QED) is 0.828. The van der Waals surface area contributed by atoms with Crippen LogP contribution in [0.3, 0.4) is 0 Å². The molecule has 1 aromatic heterocycles. The molecular weight excluding hydrogens is 218 g/mol. The molecule has 0 saturated carbocycles. The van der Waals surface area contributed by atoms with E-state index in [1.54, 1.807) is 35.7 Å². The minimum absolute atomic E-state index is 0.110. The summed E-state index contributed by atoms with van der Waals surface area (Å²) in [6.07, 6.45) is 3.29. The maximum absolute atomic E-state index is 12.1. The van der Waals surface area contributed by atoms with Gasteiger partial charge in [0.05, 0.1) is 5.60 Å². The molecule has 1 rings (SSSR count). The lowest BCUT2D eigenvalue weighted by Gasteiger charge is -2.28. The number of nitrogens with zero attached hydrogens (tertiary/aromatic N) is 3. The molecule has 0 spiro atoms. The third-order valence-electron chi connectivity index (χ3n) is 2.50. The highest BCUT2D eigenvalue weighted by molar-refractivity contribution is 5.35. The lowest BCUT2D eigenvalue weighted by atomic mass is 10.1. The molecule has 0 fully saturated rings. The van der Waals surface area contributed by atoms with Gasteiger partial charge in [-0.25, -0.2) is 4.98 Å². The van der Waals surface area contributed by atoms with Gasteiger partial charge in [0.2, 0.25) is 0 Å². The van der Waals surface area contributed by atoms with Crippen LogP contribution in [0.2, 0.25) is 0 Å². The van der Waals surface area contributed by atoms with Gasteiger partial charge in [0, 0.05) is 32.0 Å². The highest BCUT2D eigenvalue weighted by atomic mass is 16.3. The Bertz CT molecular complexity index is 420. The zero-order chi connectivity index (χ0) is 13.1. The van der Waals surface area contributed by atoms with Gasteiger partial charge in [0.25, 0.3) is 5.56 Å². The van der Waals surface area contributed by atoms with Gasteiger partial charge in [0.15, 0.2) is 5.82 Å². The van der Waals surface area contributed by atoms with E-state index in [9.17, 15) is 9.90 Å². The molecule has 17 heavy (non-hydrogen) atoms. The molecule has 0 radical (unpaired) electrons. The summed E-state index contributed by atoms with van der Waals surface area (Å²) in [6.45, 7) is 8.94. The number of anilines is 1. The second kappa shape index (κ2) is 5.31. The highest BCUT2D eigenvalue weighted by Gasteiger charge is 2.20. The minimum Gasteiger partial charge on any atom is -0.389 e. The highest BCUT2D eigenvalue weighted by Crippen LogP contribution is 2.10. The first-order chi connectivity index (χ1) is 7.89. The summed E-state index contributed by atoms with van der Waals surface area (Å²) in [7, 11) is 0. The summed E-state index contributed by atoms with van der Waals surface area (Å²) < 4.78 is 1.61. The number of aromatic nitrogens is 2. The molecule has 5 nitrogen and oxygen atoms in total. The third-order valence-corrected chi connectivity index (χ3v) is 2.50. The Hall–Kier alpha value is -1.36. The number of likely N-dealkylation sites (N-methyl/N-ethyl adjacent to an activating group) is 1. The first kappa shape index (κ1) is 13.7. The maximum atomic E-state index is 12.1. The van der Waals surface area contributed by atoms with Crippen LogP contribution in [0, 0.1) is 0 Å². The Morgan fingerprint density at radius 1 is 1.47 bits per heavy atom. The zero-order valence-corrected chi connectivity index (χ0v) is 11.0. The van der Waals surface area contributed by atoms with Crippen molar-refractivity contribution in [2.24, 2.45) is 0 Å². The fraction of sp³-hybridized carbons (Fsp3) is 0.667. The molecule has 0 bridgehead atoms. The van der Waals surface area contributed by atoms with Crippen molar-refractivity contribution in [3.63, 3.8) is 0 Å². The van der Waals surface area contributed by atoms with Gasteiger partial charge in [-0.15, -0.1) is 0 Å². The van der Waals surface area contributed by atoms with Gasteiger partial charge < -0.3 is 14.6 Å². The van der Waals surface area contributed by atoms with E-state index in [1.807, 2.05) is 13.8 Å². The van der Waals surface area contributed by atoms with Crippen molar-refractivity contribution < 1.29 is 5.11 Å². The molecule has 0 unspecified atom stereocenters. The SMILES string of the molecule is CCN(CC(C)(C)O)c1nccn(CC)c1=O. The number of rotatable bonds is 5. The fourth-order valence-electron chi connectivity index (χ4n) is 1.71. The van der Waals surface area contributed by atoms with Crippen molar-refractivity contribution in [1.29, 1.82) is 0 Å². The van der Waals surface area contributed by atoms with Crippen molar-refractivity contribution in [2.75, 3.05) is 18.0 Å². The molecule has 0 atom stereocenters. The van der Waals surface area contributed by atoms with E-state index in [1.165, 1.54) is 0 Å². The maximum Gasteiger partial charge on any atom is 0.293 e. The number of aryl methyl sites for hydroxylation is 1. The topological polar surface area (TPSA) is 58.4 Å². The predicted molar refractivity (Wildman–Crippen MR) is 68.4 cm³/mol.